The van der Waals surface area contributed by atoms with Crippen molar-refractivity contribution in [2.24, 2.45) is 0 Å². The molecule has 0 saturated heterocycles. The van der Waals surface area contributed by atoms with Gasteiger partial charge in [-0.15, -0.1) is 0 Å². The fraction of sp³-hybridized carbons (Fsp3) is 0.462. The molecule has 0 aliphatic rings. The van der Waals surface area contributed by atoms with Gasteiger partial charge < -0.3 is 35.4 Å². The highest BCUT2D eigenvalue weighted by molar-refractivity contribution is 5.89. The highest BCUT2D eigenvalue weighted by Crippen LogP contribution is 2.14. The molecular weight excluding hydrogens is 284 g/mol. The Hall–Kier alpha value is -1.71. The van der Waals surface area contributed by atoms with E-state index in [9.17, 15) is 20.1 Å². The Balaban J connectivity index is 2.72. The largest absolute Gasteiger partial charge is 0.508 e. The Morgan fingerprint density at radius 3 is 2.05 bits per heavy atom. The van der Waals surface area contributed by atoms with Crippen LogP contribution >= 0.6 is 0 Å². The molecule has 8 heteroatoms. The average Bonchev–Trinajstić information content (AvgIpc) is 2.50. The molecule has 0 amide bonds. The van der Waals surface area contributed by atoms with Crippen LogP contribution in [-0.2, 0) is 4.74 Å². The van der Waals surface area contributed by atoms with E-state index in [0.717, 1.165) is 0 Å². The van der Waals surface area contributed by atoms with Crippen molar-refractivity contribution >= 4 is 5.97 Å². The molecule has 1 aromatic rings. The first-order valence-electron chi connectivity index (χ1n) is 6.16. The van der Waals surface area contributed by atoms with E-state index < -0.39 is 43.6 Å². The predicted octanol–water partition coefficient (Wildman–Crippen LogP) is -2.02. The topological polar surface area (TPSA) is 148 Å². The van der Waals surface area contributed by atoms with Gasteiger partial charge in [-0.2, -0.15) is 0 Å². The van der Waals surface area contributed by atoms with Crippen LogP contribution in [0.15, 0.2) is 24.3 Å². The fourth-order valence-electron chi connectivity index (χ4n) is 1.57. The smallest absolute Gasteiger partial charge is 0.338 e. The Labute approximate surface area is 120 Å². The summed E-state index contributed by atoms with van der Waals surface area (Å²) in [5, 5.41) is 55.3. The fourth-order valence-corrected chi connectivity index (χ4v) is 1.57. The number of benzene rings is 1. The van der Waals surface area contributed by atoms with Crippen LogP contribution in [0.2, 0.25) is 0 Å². The zero-order chi connectivity index (χ0) is 16.0. The molecule has 0 fully saturated rings. The molecule has 0 spiro atoms. The SMILES string of the molecule is O=C(O[C@@H](CO)[C@H](O)[C@H](O)[C@@H](O)CO)c1ccc(O)cc1. The first-order valence-corrected chi connectivity index (χ1v) is 6.16. The second-order valence-corrected chi connectivity index (χ2v) is 4.40. The third-order valence-electron chi connectivity index (χ3n) is 2.85. The molecule has 4 atom stereocenters. The molecule has 0 aromatic heterocycles. The summed E-state index contributed by atoms with van der Waals surface area (Å²) in [5.74, 6) is -0.939. The number of ether oxygens (including phenoxy) is 1. The second-order valence-electron chi connectivity index (χ2n) is 4.40. The third kappa shape index (κ3) is 4.66. The average molecular weight is 302 g/mol. The Kier molecular flexibility index (Phi) is 6.53. The number of rotatable bonds is 7. The maximum Gasteiger partial charge on any atom is 0.338 e. The third-order valence-corrected chi connectivity index (χ3v) is 2.85. The minimum Gasteiger partial charge on any atom is -0.508 e. The molecule has 0 unspecified atom stereocenters. The van der Waals surface area contributed by atoms with Crippen LogP contribution in [0.5, 0.6) is 5.75 Å². The van der Waals surface area contributed by atoms with Gasteiger partial charge in [0.05, 0.1) is 18.8 Å². The number of hydrogen-bond acceptors (Lipinski definition) is 8. The number of phenolic OH excluding ortho intramolecular Hbond substituents is 1. The highest BCUT2D eigenvalue weighted by atomic mass is 16.6. The van der Waals surface area contributed by atoms with E-state index in [1.807, 2.05) is 0 Å². The highest BCUT2D eigenvalue weighted by Gasteiger charge is 2.33. The minimum absolute atomic E-state index is 0.0493. The molecule has 8 nitrogen and oxygen atoms in total. The molecule has 0 heterocycles. The lowest BCUT2D eigenvalue weighted by molar-refractivity contribution is -0.126. The number of aliphatic hydroxyl groups excluding tert-OH is 5. The Morgan fingerprint density at radius 2 is 1.57 bits per heavy atom. The van der Waals surface area contributed by atoms with Crippen molar-refractivity contribution in [3.8, 4) is 5.75 Å². The van der Waals surface area contributed by atoms with E-state index in [1.165, 1.54) is 24.3 Å². The molecular formula is C13H18O8. The molecule has 0 aliphatic carbocycles. The van der Waals surface area contributed by atoms with Crippen LogP contribution in [0, 0.1) is 0 Å². The number of carbonyl (C=O) groups excluding carboxylic acids is 1. The lowest BCUT2D eigenvalue weighted by Gasteiger charge is -2.27. The first-order chi connectivity index (χ1) is 9.90. The maximum atomic E-state index is 11.8. The van der Waals surface area contributed by atoms with Gasteiger partial charge in [0.1, 0.15) is 24.1 Å². The number of aliphatic hydroxyl groups is 5. The normalized spacial score (nSPS) is 16.8. The van der Waals surface area contributed by atoms with E-state index in [0.29, 0.717) is 0 Å². The van der Waals surface area contributed by atoms with Gasteiger partial charge in [0.15, 0.2) is 6.10 Å². The second kappa shape index (κ2) is 7.91. The molecule has 0 saturated carbocycles. The van der Waals surface area contributed by atoms with Gasteiger partial charge in [-0.25, -0.2) is 4.79 Å². The van der Waals surface area contributed by atoms with E-state index in [-0.39, 0.29) is 11.3 Å². The van der Waals surface area contributed by atoms with Gasteiger partial charge >= 0.3 is 5.97 Å². The minimum atomic E-state index is -1.79. The van der Waals surface area contributed by atoms with Gasteiger partial charge in [0, 0.05) is 0 Å². The summed E-state index contributed by atoms with van der Waals surface area (Å²) in [6.45, 7) is -1.59. The molecule has 118 valence electrons. The molecule has 21 heavy (non-hydrogen) atoms. The van der Waals surface area contributed by atoms with Crippen LogP contribution in [0.1, 0.15) is 10.4 Å². The van der Waals surface area contributed by atoms with Crippen LogP contribution in [-0.4, -0.2) is 74.2 Å². The quantitative estimate of drug-likeness (QED) is 0.316. The Bertz CT molecular complexity index is 446. The van der Waals surface area contributed by atoms with Gasteiger partial charge in [-0.05, 0) is 24.3 Å². The molecule has 1 aromatic carbocycles. The first kappa shape index (κ1) is 17.3. The Morgan fingerprint density at radius 1 is 1.00 bits per heavy atom. The maximum absolute atomic E-state index is 11.8. The van der Waals surface area contributed by atoms with Crippen molar-refractivity contribution < 1.29 is 40.2 Å². The number of phenols is 1. The molecule has 1 rings (SSSR count). The van der Waals surface area contributed by atoms with Crippen molar-refractivity contribution in [2.45, 2.75) is 24.4 Å². The van der Waals surface area contributed by atoms with Crippen LogP contribution in [0.4, 0.5) is 0 Å². The lowest BCUT2D eigenvalue weighted by atomic mass is 10.0. The van der Waals surface area contributed by atoms with Crippen LogP contribution in [0.25, 0.3) is 0 Å². The molecule has 0 radical (unpaired) electrons. The number of carbonyl (C=O) groups is 1. The van der Waals surface area contributed by atoms with Crippen molar-refractivity contribution in [3.63, 3.8) is 0 Å². The zero-order valence-corrected chi connectivity index (χ0v) is 11.0. The number of esters is 1. The van der Waals surface area contributed by atoms with Crippen molar-refractivity contribution in [2.75, 3.05) is 13.2 Å². The standard InChI is InChI=1S/C13H18O8/c14-5-9(17)11(18)12(19)10(6-15)21-13(20)7-1-3-8(16)4-2-7/h1-4,9-12,14-19H,5-6H2/t9-,10-,11+,12-/m0/s1. The van der Waals surface area contributed by atoms with Crippen molar-refractivity contribution in [1.29, 1.82) is 0 Å². The predicted molar refractivity (Wildman–Crippen MR) is 69.5 cm³/mol. The zero-order valence-electron chi connectivity index (χ0n) is 11.0. The number of hydrogen-bond donors (Lipinski definition) is 6. The summed E-state index contributed by atoms with van der Waals surface area (Å²) < 4.78 is 4.83. The summed E-state index contributed by atoms with van der Waals surface area (Å²) in [5.41, 5.74) is 0.0654. The van der Waals surface area contributed by atoms with Gasteiger partial charge in [-0.3, -0.25) is 0 Å². The summed E-state index contributed by atoms with van der Waals surface area (Å²) >= 11 is 0. The van der Waals surface area contributed by atoms with E-state index in [2.05, 4.69) is 0 Å². The number of aromatic hydroxyl groups is 1. The summed E-state index contributed by atoms with van der Waals surface area (Å²) in [6.07, 6.45) is -6.69. The van der Waals surface area contributed by atoms with Gasteiger partial charge in [0.25, 0.3) is 0 Å². The monoisotopic (exact) mass is 302 g/mol. The van der Waals surface area contributed by atoms with Crippen molar-refractivity contribution in [3.05, 3.63) is 29.8 Å². The lowest BCUT2D eigenvalue weighted by Crippen LogP contribution is -2.48. The van der Waals surface area contributed by atoms with E-state index in [4.69, 9.17) is 20.1 Å². The summed E-state index contributed by atoms with van der Waals surface area (Å²) in [6, 6.07) is 5.06. The van der Waals surface area contributed by atoms with Crippen molar-refractivity contribution in [1.82, 2.24) is 0 Å². The van der Waals surface area contributed by atoms with Gasteiger partial charge in [0.2, 0.25) is 0 Å². The summed E-state index contributed by atoms with van der Waals surface area (Å²) in [4.78, 5) is 11.8. The molecule has 0 aliphatic heterocycles. The van der Waals surface area contributed by atoms with Gasteiger partial charge in [-0.1, -0.05) is 0 Å². The molecule has 6 N–H and O–H groups in total. The van der Waals surface area contributed by atoms with Crippen LogP contribution < -0.4 is 0 Å². The van der Waals surface area contributed by atoms with E-state index >= 15 is 0 Å². The summed E-state index contributed by atoms with van der Waals surface area (Å²) in [7, 11) is 0. The van der Waals surface area contributed by atoms with E-state index in [1.54, 1.807) is 0 Å². The molecule has 0 bridgehead atoms. The van der Waals surface area contributed by atoms with Crippen LogP contribution in [0.3, 0.4) is 0 Å².